The van der Waals surface area contributed by atoms with Crippen molar-refractivity contribution in [2.75, 3.05) is 13.2 Å². The van der Waals surface area contributed by atoms with Crippen LogP contribution in [0.4, 0.5) is 0 Å². The minimum absolute atomic E-state index is 0.473. The smallest absolute Gasteiger partial charge is 0.0614 e. The van der Waals surface area contributed by atoms with E-state index in [1.54, 1.807) is 0 Å². The fourth-order valence-corrected chi connectivity index (χ4v) is 3.70. The van der Waals surface area contributed by atoms with E-state index in [0.717, 1.165) is 25.5 Å². The maximum atomic E-state index is 6.00. The van der Waals surface area contributed by atoms with Gasteiger partial charge in [-0.15, -0.1) is 0 Å². The first-order chi connectivity index (χ1) is 7.01. The largest absolute Gasteiger partial charge is 0.378 e. The van der Waals surface area contributed by atoms with Crippen LogP contribution in [-0.4, -0.2) is 19.3 Å². The molecule has 0 heterocycles. The van der Waals surface area contributed by atoms with Gasteiger partial charge < -0.3 is 10.5 Å². The van der Waals surface area contributed by atoms with Crippen LogP contribution in [0.2, 0.25) is 0 Å². The number of nitrogens with two attached hydrogens (primary N) is 1. The van der Waals surface area contributed by atoms with Crippen LogP contribution in [0, 0.1) is 16.7 Å². The molecule has 0 spiro atoms. The van der Waals surface area contributed by atoms with E-state index in [4.69, 9.17) is 10.5 Å². The third-order valence-corrected chi connectivity index (χ3v) is 5.27. The summed E-state index contributed by atoms with van der Waals surface area (Å²) >= 11 is 0. The lowest BCUT2D eigenvalue weighted by atomic mass is 9.71. The molecular weight excluding hydrogens is 186 g/mol. The molecule has 0 aromatic carbocycles. The monoisotopic (exact) mass is 211 g/mol. The Bertz CT molecular complexity index is 236. The van der Waals surface area contributed by atoms with E-state index < -0.39 is 0 Å². The van der Waals surface area contributed by atoms with E-state index in [1.807, 2.05) is 0 Å². The molecule has 3 unspecified atom stereocenters. The van der Waals surface area contributed by atoms with Crippen LogP contribution in [-0.2, 0) is 4.74 Å². The Hall–Kier alpha value is -0.0800. The van der Waals surface area contributed by atoms with Crippen LogP contribution in [0.1, 0.15) is 46.5 Å². The summed E-state index contributed by atoms with van der Waals surface area (Å²) in [6.45, 7) is 8.90. The van der Waals surface area contributed by atoms with Gasteiger partial charge in [0.15, 0.2) is 0 Å². The Balaban J connectivity index is 1.96. The van der Waals surface area contributed by atoms with Gasteiger partial charge in [0.1, 0.15) is 0 Å². The van der Waals surface area contributed by atoms with Gasteiger partial charge in [-0.1, -0.05) is 20.8 Å². The topological polar surface area (TPSA) is 35.2 Å². The highest BCUT2D eigenvalue weighted by Gasteiger charge is 2.60. The summed E-state index contributed by atoms with van der Waals surface area (Å²) in [7, 11) is 0. The van der Waals surface area contributed by atoms with Crippen LogP contribution in [0.3, 0.4) is 0 Å². The quantitative estimate of drug-likeness (QED) is 0.725. The van der Waals surface area contributed by atoms with Gasteiger partial charge in [0.25, 0.3) is 0 Å². The van der Waals surface area contributed by atoms with Crippen molar-refractivity contribution < 1.29 is 4.74 Å². The lowest BCUT2D eigenvalue weighted by Gasteiger charge is -2.33. The molecule has 2 saturated carbocycles. The van der Waals surface area contributed by atoms with Crippen LogP contribution in [0.25, 0.3) is 0 Å². The van der Waals surface area contributed by atoms with Crippen molar-refractivity contribution in [1.29, 1.82) is 0 Å². The molecule has 2 fully saturated rings. The van der Waals surface area contributed by atoms with Crippen molar-refractivity contribution >= 4 is 0 Å². The predicted molar refractivity (Wildman–Crippen MR) is 62.6 cm³/mol. The fraction of sp³-hybridized carbons (Fsp3) is 1.00. The van der Waals surface area contributed by atoms with Gasteiger partial charge in [0.2, 0.25) is 0 Å². The molecule has 2 aliphatic rings. The molecule has 0 aromatic heterocycles. The summed E-state index contributed by atoms with van der Waals surface area (Å²) in [6.07, 6.45) is 5.51. The predicted octanol–water partition coefficient (Wildman–Crippen LogP) is 2.57. The van der Waals surface area contributed by atoms with E-state index in [1.165, 1.54) is 19.3 Å². The molecule has 2 aliphatic carbocycles. The first-order valence-corrected chi connectivity index (χ1v) is 6.33. The first kappa shape index (κ1) is 11.4. The fourth-order valence-electron chi connectivity index (χ4n) is 3.70. The minimum atomic E-state index is 0.473. The SMILES string of the molecule is CC12CCC(C(OCCCN)C1)C2(C)C. The van der Waals surface area contributed by atoms with Crippen molar-refractivity contribution in [3.63, 3.8) is 0 Å². The summed E-state index contributed by atoms with van der Waals surface area (Å²) < 4.78 is 6.00. The van der Waals surface area contributed by atoms with Gasteiger partial charge >= 0.3 is 0 Å². The van der Waals surface area contributed by atoms with Crippen LogP contribution in [0.5, 0.6) is 0 Å². The average molecular weight is 211 g/mol. The number of hydrogen-bond acceptors (Lipinski definition) is 2. The molecule has 0 radical (unpaired) electrons. The molecule has 0 aromatic rings. The standard InChI is InChI=1S/C13H25NO/c1-12(2)10-5-6-13(12,3)9-11(10)15-8-4-7-14/h10-11H,4-9,14H2,1-3H3. The minimum Gasteiger partial charge on any atom is -0.378 e. The van der Waals surface area contributed by atoms with E-state index >= 15 is 0 Å². The van der Waals surface area contributed by atoms with Crippen LogP contribution < -0.4 is 5.73 Å². The number of hydrogen-bond donors (Lipinski definition) is 1. The van der Waals surface area contributed by atoms with Gasteiger partial charge in [0, 0.05) is 6.61 Å². The Kier molecular flexibility index (Phi) is 2.85. The third kappa shape index (κ3) is 1.62. The van der Waals surface area contributed by atoms with E-state index in [9.17, 15) is 0 Å². The zero-order valence-electron chi connectivity index (χ0n) is 10.4. The summed E-state index contributed by atoms with van der Waals surface area (Å²) in [5.41, 5.74) is 6.48. The summed E-state index contributed by atoms with van der Waals surface area (Å²) in [4.78, 5) is 0. The zero-order chi connectivity index (χ0) is 11.1. The van der Waals surface area contributed by atoms with Gasteiger partial charge in [-0.3, -0.25) is 0 Å². The Morgan fingerprint density at radius 2 is 2.07 bits per heavy atom. The number of ether oxygens (including phenoxy) is 1. The van der Waals surface area contributed by atoms with Crippen molar-refractivity contribution in [2.45, 2.75) is 52.6 Å². The second-order valence-corrected chi connectivity index (χ2v) is 6.18. The molecule has 88 valence electrons. The lowest BCUT2D eigenvalue weighted by molar-refractivity contribution is 0.00478. The highest BCUT2D eigenvalue weighted by atomic mass is 16.5. The molecule has 2 bridgehead atoms. The molecule has 0 saturated heterocycles. The van der Waals surface area contributed by atoms with Gasteiger partial charge in [-0.05, 0) is 49.0 Å². The summed E-state index contributed by atoms with van der Waals surface area (Å²) in [6, 6.07) is 0. The Labute approximate surface area is 93.6 Å². The summed E-state index contributed by atoms with van der Waals surface area (Å²) in [5.74, 6) is 0.778. The molecular formula is C13H25NO. The van der Waals surface area contributed by atoms with Crippen molar-refractivity contribution in [1.82, 2.24) is 0 Å². The molecule has 0 aliphatic heterocycles. The van der Waals surface area contributed by atoms with Gasteiger partial charge in [-0.2, -0.15) is 0 Å². The maximum absolute atomic E-state index is 6.00. The Morgan fingerprint density at radius 1 is 1.33 bits per heavy atom. The molecule has 2 N–H and O–H groups in total. The normalized spacial score (nSPS) is 42.4. The Morgan fingerprint density at radius 3 is 2.53 bits per heavy atom. The van der Waals surface area contributed by atoms with E-state index in [0.29, 0.717) is 16.9 Å². The molecule has 2 nitrogen and oxygen atoms in total. The van der Waals surface area contributed by atoms with Crippen LogP contribution in [0.15, 0.2) is 0 Å². The van der Waals surface area contributed by atoms with Gasteiger partial charge in [-0.25, -0.2) is 0 Å². The average Bonchev–Trinajstić information content (AvgIpc) is 2.49. The second kappa shape index (κ2) is 3.74. The van der Waals surface area contributed by atoms with Crippen LogP contribution >= 0.6 is 0 Å². The number of rotatable bonds is 4. The van der Waals surface area contributed by atoms with E-state index in [-0.39, 0.29) is 0 Å². The molecule has 2 rings (SSSR count). The highest BCUT2D eigenvalue weighted by molar-refractivity contribution is 5.10. The molecule has 3 atom stereocenters. The first-order valence-electron chi connectivity index (χ1n) is 6.33. The highest BCUT2D eigenvalue weighted by Crippen LogP contribution is 2.66. The van der Waals surface area contributed by atoms with Crippen molar-refractivity contribution in [3.05, 3.63) is 0 Å². The van der Waals surface area contributed by atoms with Gasteiger partial charge in [0.05, 0.1) is 6.10 Å². The molecule has 0 amide bonds. The third-order valence-electron chi connectivity index (χ3n) is 5.27. The lowest BCUT2D eigenvalue weighted by Crippen LogP contribution is -2.27. The van der Waals surface area contributed by atoms with Crippen molar-refractivity contribution in [3.8, 4) is 0 Å². The summed E-state index contributed by atoms with van der Waals surface area (Å²) in [5, 5.41) is 0. The number of fused-ring (bicyclic) bond motifs is 2. The molecule has 2 heteroatoms. The van der Waals surface area contributed by atoms with Crippen molar-refractivity contribution in [2.24, 2.45) is 22.5 Å². The molecule has 15 heavy (non-hydrogen) atoms. The van der Waals surface area contributed by atoms with E-state index in [2.05, 4.69) is 20.8 Å². The maximum Gasteiger partial charge on any atom is 0.0614 e. The zero-order valence-corrected chi connectivity index (χ0v) is 10.4. The second-order valence-electron chi connectivity index (χ2n) is 6.18.